The molecule has 0 aromatic carbocycles. The molecule has 1 aromatic rings. The van der Waals surface area contributed by atoms with Crippen molar-refractivity contribution in [2.24, 2.45) is 0 Å². The topological polar surface area (TPSA) is 30.0 Å². The van der Waals surface area contributed by atoms with Crippen LogP contribution in [0.5, 0.6) is 0 Å². The molecule has 12 heavy (non-hydrogen) atoms. The Morgan fingerprint density at radius 2 is 2.25 bits per heavy atom. The maximum atomic E-state index is 10.2. The van der Waals surface area contributed by atoms with Crippen molar-refractivity contribution in [2.75, 3.05) is 0 Å². The summed E-state index contributed by atoms with van der Waals surface area (Å²) in [5.74, 6) is 0. The summed E-state index contributed by atoms with van der Waals surface area (Å²) in [4.78, 5) is 14.6. The summed E-state index contributed by atoms with van der Waals surface area (Å²) in [7, 11) is 0. The van der Waals surface area contributed by atoms with E-state index < -0.39 is 0 Å². The van der Waals surface area contributed by atoms with Gasteiger partial charge in [-0.25, -0.2) is 4.98 Å². The third-order valence-electron chi connectivity index (χ3n) is 1.49. The molecular formula is C9H13NOS. The van der Waals surface area contributed by atoms with E-state index in [1.54, 1.807) is 11.3 Å². The smallest absolute Gasteiger partial charge is 0.125 e. The van der Waals surface area contributed by atoms with E-state index in [4.69, 9.17) is 0 Å². The number of rotatable bonds is 2. The number of hydrogen-bond acceptors (Lipinski definition) is 3. The molecular weight excluding hydrogens is 170 g/mol. The van der Waals surface area contributed by atoms with Crippen molar-refractivity contribution in [3.8, 4) is 0 Å². The zero-order valence-electron chi connectivity index (χ0n) is 7.63. The van der Waals surface area contributed by atoms with E-state index >= 15 is 0 Å². The van der Waals surface area contributed by atoms with E-state index in [1.165, 1.54) is 0 Å². The predicted molar refractivity (Wildman–Crippen MR) is 50.6 cm³/mol. The number of thiazole rings is 1. The lowest BCUT2D eigenvalue weighted by molar-refractivity contribution is -0.107. The van der Waals surface area contributed by atoms with E-state index in [9.17, 15) is 4.79 Å². The first-order chi connectivity index (χ1) is 5.54. The quantitative estimate of drug-likeness (QED) is 0.658. The van der Waals surface area contributed by atoms with Crippen LogP contribution in [0, 0.1) is 0 Å². The van der Waals surface area contributed by atoms with Crippen molar-refractivity contribution < 1.29 is 4.79 Å². The van der Waals surface area contributed by atoms with Crippen LogP contribution < -0.4 is 0 Å². The van der Waals surface area contributed by atoms with Crippen LogP contribution in [0.4, 0.5) is 0 Å². The first-order valence-electron chi connectivity index (χ1n) is 3.92. The Balaban J connectivity index is 2.84. The number of hydrogen-bond donors (Lipinski definition) is 0. The van der Waals surface area contributed by atoms with Gasteiger partial charge in [0.1, 0.15) is 6.29 Å². The number of carbonyl (C=O) groups is 1. The Labute approximate surface area is 76.6 Å². The summed E-state index contributed by atoms with van der Waals surface area (Å²) in [6, 6.07) is 0. The van der Waals surface area contributed by atoms with Crippen LogP contribution in [-0.2, 0) is 16.6 Å². The van der Waals surface area contributed by atoms with Gasteiger partial charge in [0.25, 0.3) is 0 Å². The van der Waals surface area contributed by atoms with Crippen molar-refractivity contribution in [1.29, 1.82) is 0 Å². The summed E-state index contributed by atoms with van der Waals surface area (Å²) in [6.07, 6.45) is 1.33. The monoisotopic (exact) mass is 183 g/mol. The predicted octanol–water partition coefficient (Wildman–Crippen LogP) is 2.18. The van der Waals surface area contributed by atoms with Crippen LogP contribution in [0.1, 0.15) is 31.5 Å². The maximum absolute atomic E-state index is 10.2. The zero-order valence-corrected chi connectivity index (χ0v) is 8.44. The normalized spacial score (nSPS) is 11.6. The Bertz CT molecular complexity index is 272. The molecule has 3 heteroatoms. The molecule has 0 fully saturated rings. The Morgan fingerprint density at radius 3 is 2.67 bits per heavy atom. The van der Waals surface area contributed by atoms with E-state index in [1.807, 2.05) is 5.38 Å². The molecule has 1 heterocycles. The molecule has 66 valence electrons. The van der Waals surface area contributed by atoms with Crippen LogP contribution >= 0.6 is 11.3 Å². The van der Waals surface area contributed by atoms with Gasteiger partial charge in [0, 0.05) is 17.2 Å². The van der Waals surface area contributed by atoms with Gasteiger partial charge < -0.3 is 4.79 Å². The Morgan fingerprint density at radius 1 is 1.58 bits per heavy atom. The zero-order chi connectivity index (χ0) is 9.19. The number of aromatic nitrogens is 1. The van der Waals surface area contributed by atoms with Crippen molar-refractivity contribution in [3.63, 3.8) is 0 Å². The summed E-state index contributed by atoms with van der Waals surface area (Å²) in [6.45, 7) is 6.36. The van der Waals surface area contributed by atoms with Gasteiger partial charge in [0.2, 0.25) is 0 Å². The van der Waals surface area contributed by atoms with Crippen LogP contribution in [0.3, 0.4) is 0 Å². The Kier molecular flexibility index (Phi) is 2.62. The molecule has 0 N–H and O–H groups in total. The van der Waals surface area contributed by atoms with Crippen molar-refractivity contribution in [2.45, 2.75) is 32.6 Å². The summed E-state index contributed by atoms with van der Waals surface area (Å²) in [5.41, 5.74) is 0.992. The molecule has 1 aromatic heterocycles. The van der Waals surface area contributed by atoms with Crippen LogP contribution in [0.25, 0.3) is 0 Å². The molecule has 0 saturated heterocycles. The van der Waals surface area contributed by atoms with E-state index in [2.05, 4.69) is 25.8 Å². The van der Waals surface area contributed by atoms with Crippen LogP contribution in [0.2, 0.25) is 0 Å². The number of aldehydes is 1. The SMILES string of the molecule is CC(C)(C)c1nc(CC=O)cs1. The highest BCUT2D eigenvalue weighted by atomic mass is 32.1. The lowest BCUT2D eigenvalue weighted by atomic mass is 9.98. The summed E-state index contributed by atoms with van der Waals surface area (Å²) in [5, 5.41) is 3.05. The van der Waals surface area contributed by atoms with Gasteiger partial charge in [-0.05, 0) is 0 Å². The fourth-order valence-electron chi connectivity index (χ4n) is 0.831. The fourth-order valence-corrected chi connectivity index (χ4v) is 1.75. The lowest BCUT2D eigenvalue weighted by Crippen LogP contribution is -2.10. The van der Waals surface area contributed by atoms with Crippen LogP contribution in [-0.4, -0.2) is 11.3 Å². The molecule has 1 rings (SSSR count). The van der Waals surface area contributed by atoms with E-state index in [0.29, 0.717) is 6.42 Å². The average Bonchev–Trinajstić information content (AvgIpc) is 2.35. The van der Waals surface area contributed by atoms with Crippen molar-refractivity contribution in [3.05, 3.63) is 16.1 Å². The molecule has 0 saturated carbocycles. The fraction of sp³-hybridized carbons (Fsp3) is 0.556. The Hall–Kier alpha value is -0.700. The molecule has 0 bridgehead atoms. The second kappa shape index (κ2) is 3.35. The van der Waals surface area contributed by atoms with E-state index in [-0.39, 0.29) is 5.41 Å². The van der Waals surface area contributed by atoms with Gasteiger partial charge in [0.05, 0.1) is 10.7 Å². The molecule has 0 radical (unpaired) electrons. The molecule has 0 unspecified atom stereocenters. The molecule has 0 aliphatic rings. The molecule has 0 atom stereocenters. The summed E-state index contributed by atoms with van der Waals surface area (Å²) < 4.78 is 0. The molecule has 0 aliphatic heterocycles. The molecule has 0 aliphatic carbocycles. The van der Waals surface area contributed by atoms with Crippen molar-refractivity contribution in [1.82, 2.24) is 4.98 Å². The summed E-state index contributed by atoms with van der Waals surface area (Å²) >= 11 is 1.63. The van der Waals surface area contributed by atoms with Crippen LogP contribution in [0.15, 0.2) is 5.38 Å². The van der Waals surface area contributed by atoms with Crippen molar-refractivity contribution >= 4 is 17.6 Å². The molecule has 2 nitrogen and oxygen atoms in total. The van der Waals surface area contributed by atoms with Gasteiger partial charge in [-0.1, -0.05) is 20.8 Å². The minimum absolute atomic E-state index is 0.103. The lowest BCUT2D eigenvalue weighted by Gasteiger charge is -2.13. The highest BCUT2D eigenvalue weighted by Gasteiger charge is 2.17. The molecule has 0 amide bonds. The van der Waals surface area contributed by atoms with Gasteiger partial charge in [0.15, 0.2) is 0 Å². The van der Waals surface area contributed by atoms with Gasteiger partial charge in [-0.15, -0.1) is 11.3 Å². The number of nitrogens with zero attached hydrogens (tertiary/aromatic N) is 1. The minimum atomic E-state index is 0.103. The number of carbonyl (C=O) groups excluding carboxylic acids is 1. The largest absolute Gasteiger partial charge is 0.303 e. The van der Waals surface area contributed by atoms with Gasteiger partial charge in [-0.2, -0.15) is 0 Å². The first kappa shape index (κ1) is 9.39. The highest BCUT2D eigenvalue weighted by molar-refractivity contribution is 7.09. The van der Waals surface area contributed by atoms with Gasteiger partial charge >= 0.3 is 0 Å². The average molecular weight is 183 g/mol. The second-order valence-electron chi connectivity index (χ2n) is 3.76. The third-order valence-corrected chi connectivity index (χ3v) is 2.80. The highest BCUT2D eigenvalue weighted by Crippen LogP contribution is 2.25. The first-order valence-corrected chi connectivity index (χ1v) is 4.80. The maximum Gasteiger partial charge on any atom is 0.125 e. The van der Waals surface area contributed by atoms with E-state index in [0.717, 1.165) is 17.0 Å². The standard InChI is InChI=1S/C9H13NOS/c1-9(2,3)8-10-7(4-5-11)6-12-8/h5-6H,4H2,1-3H3. The third kappa shape index (κ3) is 2.14. The molecule has 0 spiro atoms. The van der Waals surface area contributed by atoms with Gasteiger partial charge in [-0.3, -0.25) is 0 Å². The minimum Gasteiger partial charge on any atom is -0.303 e. The second-order valence-corrected chi connectivity index (χ2v) is 4.62.